The Hall–Kier alpha value is -2.37. The quantitative estimate of drug-likeness (QED) is 0.292. The van der Waals surface area contributed by atoms with E-state index in [1.807, 2.05) is 24.3 Å². The highest BCUT2D eigenvalue weighted by Gasteiger charge is 2.61. The maximum Gasteiger partial charge on any atom is 0.238 e. The lowest BCUT2D eigenvalue weighted by Crippen LogP contribution is -2.57. The Morgan fingerprint density at radius 2 is 1.86 bits per heavy atom. The summed E-state index contributed by atoms with van der Waals surface area (Å²) in [5.41, 5.74) is 1.37. The minimum absolute atomic E-state index is 0.0652. The fourth-order valence-electron chi connectivity index (χ4n) is 5.38. The number of hydrogen-bond acceptors (Lipinski definition) is 5. The predicted molar refractivity (Wildman–Crippen MR) is 149 cm³/mol. The van der Waals surface area contributed by atoms with Gasteiger partial charge in [-0.1, -0.05) is 41.4 Å². The van der Waals surface area contributed by atoms with Gasteiger partial charge in [0.25, 0.3) is 0 Å². The van der Waals surface area contributed by atoms with Crippen LogP contribution in [-0.4, -0.2) is 41.3 Å². The highest BCUT2D eigenvalue weighted by Crippen LogP contribution is 2.58. The predicted octanol–water partition coefficient (Wildman–Crippen LogP) is 4.56. The van der Waals surface area contributed by atoms with Crippen molar-refractivity contribution in [1.82, 2.24) is 5.32 Å². The monoisotopic (exact) mass is 652 g/mol. The summed E-state index contributed by atoms with van der Waals surface area (Å²) in [6.45, 7) is -0.620. The molecule has 1 saturated heterocycles. The molecule has 0 aliphatic carbocycles. The summed E-state index contributed by atoms with van der Waals surface area (Å²) in [6.07, 6.45) is -1.02. The smallest absolute Gasteiger partial charge is 0.238 e. The van der Waals surface area contributed by atoms with Crippen LogP contribution in [-0.2, 0) is 15.0 Å². The van der Waals surface area contributed by atoms with E-state index in [1.54, 1.807) is 36.4 Å². The third-order valence-electron chi connectivity index (χ3n) is 6.93. The second-order valence-corrected chi connectivity index (χ2v) is 11.3. The molecule has 7 nitrogen and oxygen atoms in total. The van der Waals surface area contributed by atoms with Crippen molar-refractivity contribution in [2.24, 2.45) is 0 Å². The number of rotatable bonds is 6. The van der Waals surface area contributed by atoms with E-state index in [-0.39, 0.29) is 24.8 Å². The second-order valence-electron chi connectivity index (χ2n) is 9.15. The number of carbonyl (C=O) groups is 2. The number of piperidine rings is 1. The minimum atomic E-state index is -1.25. The molecule has 4 atom stereocenters. The molecule has 0 aromatic heterocycles. The van der Waals surface area contributed by atoms with Crippen molar-refractivity contribution in [3.8, 4) is 5.75 Å². The summed E-state index contributed by atoms with van der Waals surface area (Å²) in [4.78, 5) is 27.4. The van der Waals surface area contributed by atoms with Crippen molar-refractivity contribution < 1.29 is 24.5 Å². The summed E-state index contributed by atoms with van der Waals surface area (Å²) in [5, 5.41) is 26.2. The number of fused-ring (bicyclic) bond motifs is 2. The number of anilines is 1. The molecule has 1 fully saturated rings. The van der Waals surface area contributed by atoms with Crippen LogP contribution in [0.4, 0.5) is 5.69 Å². The molecule has 5 rings (SSSR count). The molecule has 3 aromatic rings. The van der Waals surface area contributed by atoms with Crippen LogP contribution in [0.2, 0.25) is 10.0 Å². The van der Waals surface area contributed by atoms with Crippen LogP contribution in [0.15, 0.2) is 60.7 Å². The van der Waals surface area contributed by atoms with Gasteiger partial charge in [-0.15, -0.1) is 0 Å². The van der Waals surface area contributed by atoms with Gasteiger partial charge in [-0.25, -0.2) is 0 Å². The Bertz CT molecular complexity index is 1390. The van der Waals surface area contributed by atoms with Crippen molar-refractivity contribution in [2.75, 3.05) is 18.5 Å². The van der Waals surface area contributed by atoms with E-state index < -0.39 is 30.1 Å². The molecular formula is C27H23Cl2IN2O5. The van der Waals surface area contributed by atoms with Gasteiger partial charge in [0.05, 0.1) is 12.6 Å². The fourth-order valence-corrected chi connectivity index (χ4v) is 6.27. The third kappa shape index (κ3) is 4.70. The van der Waals surface area contributed by atoms with E-state index >= 15 is 0 Å². The summed E-state index contributed by atoms with van der Waals surface area (Å²) in [7, 11) is 0. The van der Waals surface area contributed by atoms with Gasteiger partial charge >= 0.3 is 0 Å². The minimum Gasteiger partial charge on any atom is -0.490 e. The molecule has 37 heavy (non-hydrogen) atoms. The van der Waals surface area contributed by atoms with Crippen LogP contribution >= 0.6 is 45.8 Å². The van der Waals surface area contributed by atoms with Crippen molar-refractivity contribution in [3.63, 3.8) is 0 Å². The van der Waals surface area contributed by atoms with Gasteiger partial charge < -0.3 is 25.6 Å². The first kappa shape index (κ1) is 26.2. The average molecular weight is 653 g/mol. The van der Waals surface area contributed by atoms with Crippen molar-refractivity contribution in [3.05, 3.63) is 91.0 Å². The first-order valence-electron chi connectivity index (χ1n) is 11.6. The van der Waals surface area contributed by atoms with E-state index in [2.05, 4.69) is 33.2 Å². The van der Waals surface area contributed by atoms with Crippen molar-refractivity contribution >= 4 is 63.3 Å². The van der Waals surface area contributed by atoms with E-state index in [0.717, 1.165) is 9.13 Å². The normalized spacial score (nSPS) is 23.4. The fraction of sp³-hybridized carbons (Fsp3) is 0.259. The first-order chi connectivity index (χ1) is 17.7. The average Bonchev–Trinajstić information content (AvgIpc) is 3.15. The number of aliphatic hydroxyl groups is 2. The largest absolute Gasteiger partial charge is 0.490 e. The number of benzene rings is 3. The van der Waals surface area contributed by atoms with Crippen LogP contribution in [0.25, 0.3) is 0 Å². The lowest BCUT2D eigenvalue weighted by atomic mass is 9.59. The van der Waals surface area contributed by atoms with Crippen LogP contribution in [0, 0.1) is 3.57 Å². The molecule has 2 amide bonds. The summed E-state index contributed by atoms with van der Waals surface area (Å²) < 4.78 is 6.77. The number of ether oxygens (including phenoxy) is 1. The Kier molecular flexibility index (Phi) is 7.39. The van der Waals surface area contributed by atoms with Crippen LogP contribution in [0.5, 0.6) is 5.75 Å². The molecule has 2 aliphatic heterocycles. The Balaban J connectivity index is 1.76. The molecule has 2 aliphatic rings. The molecule has 0 bridgehead atoms. The first-order valence-corrected chi connectivity index (χ1v) is 13.4. The molecule has 192 valence electrons. The molecular weight excluding hydrogens is 630 g/mol. The van der Waals surface area contributed by atoms with Gasteiger partial charge in [-0.2, -0.15) is 0 Å². The molecule has 1 spiro atoms. The topological polar surface area (TPSA) is 108 Å². The number of carbonyl (C=O) groups excluding carboxylic acids is 2. The van der Waals surface area contributed by atoms with Gasteiger partial charge in [0, 0.05) is 37.2 Å². The third-order valence-corrected chi connectivity index (χ3v) is 8.07. The maximum atomic E-state index is 14.1. The van der Waals surface area contributed by atoms with Gasteiger partial charge in [-0.05, 0) is 76.2 Å². The highest BCUT2D eigenvalue weighted by molar-refractivity contribution is 14.1. The summed E-state index contributed by atoms with van der Waals surface area (Å²) >= 11 is 14.8. The zero-order valence-corrected chi connectivity index (χ0v) is 23.0. The maximum absolute atomic E-state index is 14.1. The van der Waals surface area contributed by atoms with E-state index in [9.17, 15) is 19.8 Å². The molecule has 4 unspecified atom stereocenters. The molecule has 0 saturated carbocycles. The molecule has 0 radical (unpaired) electrons. The van der Waals surface area contributed by atoms with E-state index in [0.29, 0.717) is 32.6 Å². The van der Waals surface area contributed by atoms with Crippen LogP contribution in [0.3, 0.4) is 0 Å². The van der Waals surface area contributed by atoms with Crippen LogP contribution < -0.4 is 15.4 Å². The Morgan fingerprint density at radius 1 is 1.08 bits per heavy atom. The lowest BCUT2D eigenvalue weighted by molar-refractivity contribution is -0.131. The number of nitrogens with one attached hydrogen (secondary N) is 2. The molecule has 3 aromatic carbocycles. The lowest BCUT2D eigenvalue weighted by Gasteiger charge is -2.46. The standard InChI is InChI=1S/C27H23Cl2IN2O5/c28-15-3-1-2-14(8-15)21-11-24(35)32-25(19-10-17(30)5-7-23(19)37-13-18(34)12-33)27(21)20-6-4-16(29)9-22(20)31-26(27)36/h1-10,18,21,25,33-34H,11-13H2,(H,31,36)(H,32,35). The number of amides is 2. The van der Waals surface area contributed by atoms with Crippen molar-refractivity contribution in [1.29, 1.82) is 0 Å². The van der Waals surface area contributed by atoms with Gasteiger partial charge in [0.2, 0.25) is 11.8 Å². The Labute approximate surface area is 237 Å². The zero-order valence-electron chi connectivity index (χ0n) is 19.4. The number of aliphatic hydroxyl groups excluding tert-OH is 2. The zero-order chi connectivity index (χ0) is 26.3. The van der Waals surface area contributed by atoms with E-state index in [4.69, 9.17) is 27.9 Å². The van der Waals surface area contributed by atoms with Gasteiger partial charge in [0.15, 0.2) is 0 Å². The Morgan fingerprint density at radius 3 is 2.62 bits per heavy atom. The SMILES string of the molecule is O=C1CC(c2cccc(Cl)c2)C2(C(=O)Nc3cc(Cl)ccc32)C(c2cc(I)ccc2OCC(O)CO)N1. The molecule has 2 heterocycles. The van der Waals surface area contributed by atoms with Gasteiger partial charge in [0.1, 0.15) is 23.9 Å². The number of hydrogen-bond donors (Lipinski definition) is 4. The highest BCUT2D eigenvalue weighted by atomic mass is 127. The molecule has 10 heteroatoms. The molecule has 4 N–H and O–H groups in total. The second kappa shape index (κ2) is 10.4. The number of halogens is 3. The summed E-state index contributed by atoms with van der Waals surface area (Å²) in [5.74, 6) is -0.670. The van der Waals surface area contributed by atoms with Gasteiger partial charge in [-0.3, -0.25) is 9.59 Å². The van der Waals surface area contributed by atoms with Crippen molar-refractivity contribution in [2.45, 2.75) is 29.9 Å². The van der Waals surface area contributed by atoms with E-state index in [1.165, 1.54) is 0 Å². The summed E-state index contributed by atoms with van der Waals surface area (Å²) in [6, 6.07) is 17.1. The van der Waals surface area contributed by atoms with Crippen LogP contribution in [0.1, 0.15) is 35.1 Å².